The fourth-order valence-corrected chi connectivity index (χ4v) is 2.63. The van der Waals surface area contributed by atoms with Gasteiger partial charge in [-0.05, 0) is 49.4 Å². The van der Waals surface area contributed by atoms with Crippen LogP contribution < -0.4 is 10.6 Å². The number of hydrogen-bond donors (Lipinski definition) is 3. The van der Waals surface area contributed by atoms with E-state index in [0.29, 0.717) is 5.92 Å². The number of hydrogen-bond acceptors (Lipinski definition) is 4. The second kappa shape index (κ2) is 5.93. The number of piperidine rings is 1. The zero-order valence-corrected chi connectivity index (χ0v) is 11.2. The zero-order valence-electron chi connectivity index (χ0n) is 11.2. The predicted octanol–water partition coefficient (Wildman–Crippen LogP) is 1.30. The molecule has 5 heteroatoms. The van der Waals surface area contributed by atoms with E-state index in [1.165, 1.54) is 0 Å². The molecule has 1 atom stereocenters. The summed E-state index contributed by atoms with van der Waals surface area (Å²) in [4.78, 5) is 2.29. The van der Waals surface area contributed by atoms with Crippen LogP contribution in [0.15, 0.2) is 23.4 Å². The molecule has 0 amide bonds. The molecule has 0 saturated carbocycles. The van der Waals surface area contributed by atoms with Gasteiger partial charge in [0.25, 0.3) is 0 Å². The van der Waals surface area contributed by atoms with E-state index in [0.717, 1.165) is 42.7 Å². The maximum absolute atomic E-state index is 9.27. The molecule has 1 unspecified atom stereocenters. The molecule has 1 fully saturated rings. The molecule has 1 aromatic rings. The molecule has 0 aliphatic carbocycles. The second-order valence-corrected chi connectivity index (χ2v) is 5.12. The van der Waals surface area contributed by atoms with Crippen LogP contribution in [0, 0.1) is 12.8 Å². The summed E-state index contributed by atoms with van der Waals surface area (Å²) in [5.74, 6) is 0.494. The van der Waals surface area contributed by atoms with Crippen molar-refractivity contribution in [1.29, 1.82) is 0 Å². The van der Waals surface area contributed by atoms with Gasteiger partial charge in [-0.3, -0.25) is 0 Å². The first-order chi connectivity index (χ1) is 9.15. The smallest absolute Gasteiger partial charge is 0.170 e. The van der Waals surface area contributed by atoms with Crippen LogP contribution in [0.4, 0.5) is 5.69 Å². The summed E-state index contributed by atoms with van der Waals surface area (Å²) in [7, 11) is 0. The minimum absolute atomic E-state index is 0.135. The number of benzene rings is 1. The third-order valence-electron chi connectivity index (χ3n) is 3.74. The lowest BCUT2D eigenvalue weighted by Crippen LogP contribution is -2.36. The molecule has 1 aromatic carbocycles. The average molecular weight is 263 g/mol. The molecule has 104 valence electrons. The van der Waals surface area contributed by atoms with Gasteiger partial charge in [-0.15, -0.1) is 0 Å². The van der Waals surface area contributed by atoms with Crippen LogP contribution in [-0.4, -0.2) is 35.8 Å². The number of amidine groups is 1. The average Bonchev–Trinajstić information content (AvgIpc) is 2.46. The summed E-state index contributed by atoms with van der Waals surface area (Å²) in [6, 6.07) is 5.91. The Morgan fingerprint density at radius 3 is 2.95 bits per heavy atom. The van der Waals surface area contributed by atoms with E-state index in [4.69, 9.17) is 10.9 Å². The van der Waals surface area contributed by atoms with Crippen molar-refractivity contribution in [2.75, 3.05) is 24.6 Å². The summed E-state index contributed by atoms with van der Waals surface area (Å²) >= 11 is 0. The van der Waals surface area contributed by atoms with E-state index in [9.17, 15) is 5.11 Å². The molecule has 0 radical (unpaired) electrons. The number of oxime groups is 1. The quantitative estimate of drug-likeness (QED) is 0.332. The number of nitrogens with two attached hydrogens (primary N) is 1. The van der Waals surface area contributed by atoms with Crippen LogP contribution in [-0.2, 0) is 0 Å². The molecule has 0 aromatic heterocycles. The van der Waals surface area contributed by atoms with Crippen molar-refractivity contribution in [3.63, 3.8) is 0 Å². The van der Waals surface area contributed by atoms with Gasteiger partial charge in [0, 0.05) is 30.9 Å². The van der Waals surface area contributed by atoms with Gasteiger partial charge >= 0.3 is 0 Å². The van der Waals surface area contributed by atoms with Crippen LogP contribution in [0.25, 0.3) is 0 Å². The fourth-order valence-electron chi connectivity index (χ4n) is 2.63. The standard InChI is InChI=1S/C14H21N3O2/c1-10-7-12(4-5-13(10)14(15)16-19)17-6-2-3-11(8-17)9-18/h4-5,7,11,18-19H,2-3,6,8-9H2,1H3,(H2,15,16). The molecule has 19 heavy (non-hydrogen) atoms. The van der Waals surface area contributed by atoms with E-state index < -0.39 is 0 Å². The lowest BCUT2D eigenvalue weighted by atomic mass is 9.98. The highest BCUT2D eigenvalue weighted by Crippen LogP contribution is 2.25. The number of aliphatic hydroxyl groups is 1. The third kappa shape index (κ3) is 2.98. The molecule has 1 aliphatic heterocycles. The molecule has 2 rings (SSSR count). The molecular weight excluding hydrogens is 242 g/mol. The largest absolute Gasteiger partial charge is 0.409 e. The lowest BCUT2D eigenvalue weighted by Gasteiger charge is -2.34. The van der Waals surface area contributed by atoms with Gasteiger partial charge in [0.05, 0.1) is 0 Å². The fraction of sp³-hybridized carbons (Fsp3) is 0.500. The van der Waals surface area contributed by atoms with Crippen molar-refractivity contribution >= 4 is 11.5 Å². The van der Waals surface area contributed by atoms with Crippen LogP contribution in [0.5, 0.6) is 0 Å². The van der Waals surface area contributed by atoms with E-state index in [1.54, 1.807) is 0 Å². The number of aryl methyl sites for hydroxylation is 1. The first-order valence-corrected chi connectivity index (χ1v) is 6.60. The van der Waals surface area contributed by atoms with Gasteiger partial charge < -0.3 is 20.9 Å². The Kier molecular flexibility index (Phi) is 4.27. The highest BCUT2D eigenvalue weighted by Gasteiger charge is 2.19. The molecular formula is C14H21N3O2. The van der Waals surface area contributed by atoms with E-state index >= 15 is 0 Å². The normalized spacial score (nSPS) is 20.6. The first kappa shape index (κ1) is 13.7. The molecule has 1 aliphatic rings. The highest BCUT2D eigenvalue weighted by atomic mass is 16.4. The Morgan fingerprint density at radius 1 is 1.53 bits per heavy atom. The Morgan fingerprint density at radius 2 is 2.32 bits per heavy atom. The third-order valence-corrected chi connectivity index (χ3v) is 3.74. The Hall–Kier alpha value is -1.75. The van der Waals surface area contributed by atoms with Gasteiger partial charge in [0.2, 0.25) is 0 Å². The minimum Gasteiger partial charge on any atom is -0.409 e. The first-order valence-electron chi connectivity index (χ1n) is 6.60. The molecule has 5 nitrogen and oxygen atoms in total. The zero-order chi connectivity index (χ0) is 13.8. The summed E-state index contributed by atoms with van der Waals surface area (Å²) < 4.78 is 0. The maximum atomic E-state index is 9.27. The van der Waals surface area contributed by atoms with Gasteiger partial charge in [0.15, 0.2) is 5.84 Å². The van der Waals surface area contributed by atoms with Crippen LogP contribution in [0.3, 0.4) is 0 Å². The Labute approximate surface area is 113 Å². The SMILES string of the molecule is Cc1cc(N2CCCC(CO)C2)ccc1/C(N)=N/O. The number of aliphatic hydroxyl groups excluding tert-OH is 1. The van der Waals surface area contributed by atoms with Crippen molar-refractivity contribution < 1.29 is 10.3 Å². The van der Waals surface area contributed by atoms with Crippen molar-refractivity contribution in [1.82, 2.24) is 0 Å². The number of nitrogens with zero attached hydrogens (tertiary/aromatic N) is 2. The van der Waals surface area contributed by atoms with Gasteiger partial charge in [-0.25, -0.2) is 0 Å². The van der Waals surface area contributed by atoms with E-state index in [-0.39, 0.29) is 12.4 Å². The summed E-state index contributed by atoms with van der Waals surface area (Å²) in [5, 5.41) is 21.0. The molecule has 1 saturated heterocycles. The molecule has 0 bridgehead atoms. The number of rotatable bonds is 3. The van der Waals surface area contributed by atoms with Gasteiger partial charge in [-0.1, -0.05) is 5.16 Å². The minimum atomic E-state index is 0.135. The summed E-state index contributed by atoms with van der Waals surface area (Å²) in [6.45, 7) is 4.10. The molecule has 0 spiro atoms. The van der Waals surface area contributed by atoms with E-state index in [2.05, 4.69) is 10.1 Å². The predicted molar refractivity (Wildman–Crippen MR) is 75.7 cm³/mol. The second-order valence-electron chi connectivity index (χ2n) is 5.12. The van der Waals surface area contributed by atoms with E-state index in [1.807, 2.05) is 25.1 Å². The van der Waals surface area contributed by atoms with Gasteiger partial charge in [0.1, 0.15) is 0 Å². The number of anilines is 1. The van der Waals surface area contributed by atoms with Crippen molar-refractivity contribution in [2.45, 2.75) is 19.8 Å². The highest BCUT2D eigenvalue weighted by molar-refractivity contribution is 5.98. The molecule has 4 N–H and O–H groups in total. The summed E-state index contributed by atoms with van der Waals surface area (Å²) in [5.41, 5.74) is 8.49. The van der Waals surface area contributed by atoms with Crippen molar-refractivity contribution in [2.24, 2.45) is 16.8 Å². The molecule has 1 heterocycles. The maximum Gasteiger partial charge on any atom is 0.170 e. The Bertz CT molecular complexity index is 474. The van der Waals surface area contributed by atoms with Gasteiger partial charge in [-0.2, -0.15) is 0 Å². The lowest BCUT2D eigenvalue weighted by molar-refractivity contribution is 0.209. The Balaban J connectivity index is 2.20. The van der Waals surface area contributed by atoms with Crippen molar-refractivity contribution in [3.05, 3.63) is 29.3 Å². The summed E-state index contributed by atoms with van der Waals surface area (Å²) in [6.07, 6.45) is 2.19. The van der Waals surface area contributed by atoms with Crippen molar-refractivity contribution in [3.8, 4) is 0 Å². The van der Waals surface area contributed by atoms with Crippen LogP contribution >= 0.6 is 0 Å². The van der Waals surface area contributed by atoms with Crippen LogP contribution in [0.1, 0.15) is 24.0 Å². The van der Waals surface area contributed by atoms with Crippen LogP contribution in [0.2, 0.25) is 0 Å². The topological polar surface area (TPSA) is 82.1 Å². The monoisotopic (exact) mass is 263 g/mol.